The third kappa shape index (κ3) is 6.32. The van der Waals surface area contributed by atoms with Crippen molar-refractivity contribution in [2.45, 2.75) is 32.7 Å². The quantitative estimate of drug-likeness (QED) is 0.286. The Bertz CT molecular complexity index is 1430. The number of aromatic nitrogens is 5. The Kier molecular flexibility index (Phi) is 7.90. The summed E-state index contributed by atoms with van der Waals surface area (Å²) >= 11 is 6.87. The second-order valence-corrected chi connectivity index (χ2v) is 10.9. The number of piperazine rings is 1. The van der Waals surface area contributed by atoms with Gasteiger partial charge in [0.25, 0.3) is 0 Å². The lowest BCUT2D eigenvalue weighted by atomic mass is 10.2. The summed E-state index contributed by atoms with van der Waals surface area (Å²) in [7, 11) is 0. The summed E-state index contributed by atoms with van der Waals surface area (Å²) < 4.78 is 8.13. The fourth-order valence-corrected chi connectivity index (χ4v) is 5.32. The Morgan fingerprint density at radius 3 is 2.77 bits per heavy atom. The van der Waals surface area contributed by atoms with Crippen LogP contribution in [0.1, 0.15) is 30.5 Å². The summed E-state index contributed by atoms with van der Waals surface area (Å²) in [5.74, 6) is 3.08. The van der Waals surface area contributed by atoms with Gasteiger partial charge in [0.15, 0.2) is 17.0 Å². The van der Waals surface area contributed by atoms with E-state index >= 15 is 0 Å². The summed E-state index contributed by atoms with van der Waals surface area (Å²) in [4.78, 5) is 21.2. The van der Waals surface area contributed by atoms with Crippen LogP contribution in [0.3, 0.4) is 0 Å². The molecule has 4 heterocycles. The van der Waals surface area contributed by atoms with Crippen LogP contribution in [0.25, 0.3) is 22.6 Å². The van der Waals surface area contributed by atoms with Gasteiger partial charge in [0.1, 0.15) is 24.5 Å². The first kappa shape index (κ1) is 26.0. The van der Waals surface area contributed by atoms with E-state index in [9.17, 15) is 0 Å². The van der Waals surface area contributed by atoms with Crippen molar-refractivity contribution < 1.29 is 4.74 Å². The number of nitrogens with one attached hydrogen (secondary N) is 2. The van der Waals surface area contributed by atoms with Crippen LogP contribution in [0.2, 0.25) is 5.02 Å². The Balaban J connectivity index is 1.28. The van der Waals surface area contributed by atoms with Crippen LogP contribution < -0.4 is 15.4 Å². The standard InChI is InChI=1S/C29H35ClN8O/c1-20-6-8-32-22(16-20)18-38-28(36-26-27(34-19-35-29(26)38)33-9-7-21-2-3-21)24-5-4-23(17-25(24)30)39-15-14-37-12-10-31-11-13-37/h4-6,8,16-17,19,21,31H,2-3,7,9-15,18H2,1H3,(H,33,34,35). The lowest BCUT2D eigenvalue weighted by Gasteiger charge is -2.26. The van der Waals surface area contributed by atoms with Gasteiger partial charge < -0.3 is 19.9 Å². The van der Waals surface area contributed by atoms with Crippen molar-refractivity contribution in [1.29, 1.82) is 0 Å². The van der Waals surface area contributed by atoms with Gasteiger partial charge in [0.2, 0.25) is 0 Å². The van der Waals surface area contributed by atoms with Gasteiger partial charge in [-0.25, -0.2) is 15.0 Å². The summed E-state index contributed by atoms with van der Waals surface area (Å²) in [6, 6.07) is 9.91. The molecule has 1 saturated carbocycles. The molecule has 1 aliphatic carbocycles. The molecule has 4 aromatic rings. The Morgan fingerprint density at radius 2 is 1.97 bits per heavy atom. The second-order valence-electron chi connectivity index (χ2n) is 10.5. The first-order valence-corrected chi connectivity index (χ1v) is 14.2. The van der Waals surface area contributed by atoms with Gasteiger partial charge in [-0.2, -0.15) is 0 Å². The molecule has 2 N–H and O–H groups in total. The lowest BCUT2D eigenvalue weighted by molar-refractivity contribution is 0.191. The highest BCUT2D eigenvalue weighted by molar-refractivity contribution is 6.33. The molecule has 0 unspecified atom stereocenters. The number of ether oxygens (including phenoxy) is 1. The number of halogens is 1. The average Bonchev–Trinajstić information content (AvgIpc) is 3.70. The zero-order valence-electron chi connectivity index (χ0n) is 22.4. The first-order valence-electron chi connectivity index (χ1n) is 13.9. The normalized spacial score (nSPS) is 16.1. The van der Waals surface area contributed by atoms with Crippen LogP contribution in [0.15, 0.2) is 42.9 Å². The first-order chi connectivity index (χ1) is 19.1. The van der Waals surface area contributed by atoms with E-state index in [1.807, 2.05) is 30.5 Å². The van der Waals surface area contributed by atoms with Crippen molar-refractivity contribution in [2.75, 3.05) is 51.2 Å². The second kappa shape index (κ2) is 11.9. The Labute approximate surface area is 234 Å². The molecule has 2 fully saturated rings. The molecule has 10 heteroatoms. The molecule has 3 aromatic heterocycles. The topological polar surface area (TPSA) is 93.0 Å². The van der Waals surface area contributed by atoms with Crippen molar-refractivity contribution in [2.24, 2.45) is 5.92 Å². The molecule has 6 rings (SSSR count). The number of hydrogen-bond acceptors (Lipinski definition) is 8. The molecule has 2 aliphatic rings. The van der Waals surface area contributed by atoms with Gasteiger partial charge in [0.05, 0.1) is 17.3 Å². The SMILES string of the molecule is Cc1ccnc(Cn2c(-c3ccc(OCCN4CCNCC4)cc3Cl)nc3c(NCCC4CC4)ncnc32)c1. The Hall–Kier alpha value is -3.27. The highest BCUT2D eigenvalue weighted by Gasteiger charge is 2.22. The van der Waals surface area contributed by atoms with Crippen LogP contribution >= 0.6 is 11.6 Å². The highest BCUT2D eigenvalue weighted by atomic mass is 35.5. The smallest absolute Gasteiger partial charge is 0.166 e. The molecule has 1 aromatic carbocycles. The number of pyridine rings is 1. The van der Waals surface area contributed by atoms with Gasteiger partial charge >= 0.3 is 0 Å². The minimum atomic E-state index is 0.519. The van der Waals surface area contributed by atoms with Crippen LogP contribution in [-0.2, 0) is 6.54 Å². The van der Waals surface area contributed by atoms with Gasteiger partial charge in [-0.05, 0) is 55.2 Å². The zero-order chi connectivity index (χ0) is 26.6. The van der Waals surface area contributed by atoms with E-state index in [2.05, 4.69) is 48.0 Å². The maximum Gasteiger partial charge on any atom is 0.166 e. The minimum Gasteiger partial charge on any atom is -0.492 e. The van der Waals surface area contributed by atoms with Crippen molar-refractivity contribution in [3.05, 3.63) is 59.1 Å². The molecular formula is C29H35ClN8O. The molecule has 204 valence electrons. The fourth-order valence-electron chi connectivity index (χ4n) is 5.06. The van der Waals surface area contributed by atoms with Gasteiger partial charge in [-0.1, -0.05) is 24.4 Å². The average molecular weight is 547 g/mol. The molecular weight excluding hydrogens is 512 g/mol. The predicted octanol–water partition coefficient (Wildman–Crippen LogP) is 4.39. The number of fused-ring (bicyclic) bond motifs is 1. The maximum atomic E-state index is 6.87. The van der Waals surface area contributed by atoms with Gasteiger partial charge in [-0.3, -0.25) is 9.88 Å². The van der Waals surface area contributed by atoms with Crippen LogP contribution in [-0.4, -0.2) is 75.3 Å². The molecule has 0 bridgehead atoms. The summed E-state index contributed by atoms with van der Waals surface area (Å²) in [6.45, 7) is 9.15. The minimum absolute atomic E-state index is 0.519. The highest BCUT2D eigenvalue weighted by Crippen LogP contribution is 2.35. The third-order valence-electron chi connectivity index (χ3n) is 7.43. The summed E-state index contributed by atoms with van der Waals surface area (Å²) in [5, 5.41) is 7.46. The predicted molar refractivity (Wildman–Crippen MR) is 154 cm³/mol. The molecule has 0 atom stereocenters. The van der Waals surface area contributed by atoms with E-state index in [1.165, 1.54) is 12.8 Å². The number of anilines is 1. The fraction of sp³-hybridized carbons (Fsp3) is 0.448. The number of nitrogens with zero attached hydrogens (tertiary/aromatic N) is 6. The summed E-state index contributed by atoms with van der Waals surface area (Å²) in [5.41, 5.74) is 4.40. The molecule has 0 radical (unpaired) electrons. The van der Waals surface area contributed by atoms with E-state index in [-0.39, 0.29) is 0 Å². The molecule has 0 amide bonds. The number of hydrogen-bond donors (Lipinski definition) is 2. The van der Waals surface area contributed by atoms with E-state index in [1.54, 1.807) is 6.33 Å². The zero-order valence-corrected chi connectivity index (χ0v) is 23.1. The van der Waals surface area contributed by atoms with Crippen molar-refractivity contribution in [3.8, 4) is 17.1 Å². The maximum absolute atomic E-state index is 6.87. The van der Waals surface area contributed by atoms with Crippen molar-refractivity contribution in [1.82, 2.24) is 34.7 Å². The lowest BCUT2D eigenvalue weighted by Crippen LogP contribution is -2.44. The molecule has 1 saturated heterocycles. The molecule has 1 aliphatic heterocycles. The van der Waals surface area contributed by atoms with E-state index in [0.717, 1.165) is 97.0 Å². The van der Waals surface area contributed by atoms with Crippen molar-refractivity contribution in [3.63, 3.8) is 0 Å². The van der Waals surface area contributed by atoms with Crippen LogP contribution in [0.5, 0.6) is 5.75 Å². The van der Waals surface area contributed by atoms with E-state index < -0.39 is 0 Å². The third-order valence-corrected chi connectivity index (χ3v) is 7.75. The Morgan fingerprint density at radius 1 is 1.10 bits per heavy atom. The number of benzene rings is 1. The number of aryl methyl sites for hydroxylation is 1. The molecule has 39 heavy (non-hydrogen) atoms. The van der Waals surface area contributed by atoms with Crippen molar-refractivity contribution >= 4 is 28.6 Å². The summed E-state index contributed by atoms with van der Waals surface area (Å²) in [6.07, 6.45) is 7.25. The van der Waals surface area contributed by atoms with E-state index in [0.29, 0.717) is 18.2 Å². The van der Waals surface area contributed by atoms with Gasteiger partial charge in [0, 0.05) is 51.0 Å². The molecule has 9 nitrogen and oxygen atoms in total. The number of rotatable bonds is 11. The largest absolute Gasteiger partial charge is 0.492 e. The molecule has 0 spiro atoms. The van der Waals surface area contributed by atoms with Crippen LogP contribution in [0.4, 0.5) is 5.82 Å². The van der Waals surface area contributed by atoms with E-state index in [4.69, 9.17) is 21.3 Å². The van der Waals surface area contributed by atoms with Gasteiger partial charge in [-0.15, -0.1) is 0 Å². The van der Waals surface area contributed by atoms with Crippen LogP contribution in [0, 0.1) is 12.8 Å². The monoisotopic (exact) mass is 546 g/mol. The number of imidazole rings is 1.